The fourth-order valence-electron chi connectivity index (χ4n) is 3.47. The highest BCUT2D eigenvalue weighted by atomic mass is 16.5. The molecular weight excluding hydrogens is 348 g/mol. The van der Waals surface area contributed by atoms with E-state index >= 15 is 0 Å². The summed E-state index contributed by atoms with van der Waals surface area (Å²) in [7, 11) is 3.11. The maximum atomic E-state index is 12.8. The van der Waals surface area contributed by atoms with Crippen molar-refractivity contribution in [3.8, 4) is 11.5 Å². The SMILES string of the molecule is COc1ccc(C(=O)N2CCC(c3nccn3CC(N)=O)CC2)cc1OC. The van der Waals surface area contributed by atoms with Crippen LogP contribution in [0.2, 0.25) is 0 Å². The normalized spacial score (nSPS) is 14.8. The van der Waals surface area contributed by atoms with Crippen LogP contribution in [-0.4, -0.2) is 53.6 Å². The van der Waals surface area contributed by atoms with Crippen LogP contribution in [0.4, 0.5) is 0 Å². The van der Waals surface area contributed by atoms with E-state index in [1.807, 2.05) is 4.90 Å². The van der Waals surface area contributed by atoms with Crippen molar-refractivity contribution in [2.45, 2.75) is 25.3 Å². The second-order valence-corrected chi connectivity index (χ2v) is 6.52. The van der Waals surface area contributed by atoms with Gasteiger partial charge in [0.05, 0.1) is 14.2 Å². The third kappa shape index (κ3) is 4.05. The number of methoxy groups -OCH3 is 2. The topological polar surface area (TPSA) is 99.7 Å². The zero-order valence-corrected chi connectivity index (χ0v) is 15.6. The number of nitrogens with two attached hydrogens (primary N) is 1. The zero-order valence-electron chi connectivity index (χ0n) is 15.6. The first kappa shape index (κ1) is 18.8. The lowest BCUT2D eigenvalue weighted by molar-refractivity contribution is -0.118. The van der Waals surface area contributed by atoms with E-state index in [1.165, 1.54) is 0 Å². The van der Waals surface area contributed by atoms with Crippen LogP contribution in [0, 0.1) is 0 Å². The van der Waals surface area contributed by atoms with Gasteiger partial charge in [0.15, 0.2) is 11.5 Å². The molecule has 1 aromatic carbocycles. The van der Waals surface area contributed by atoms with Crippen LogP contribution < -0.4 is 15.2 Å². The predicted molar refractivity (Wildman–Crippen MR) is 98.8 cm³/mol. The van der Waals surface area contributed by atoms with E-state index in [0.717, 1.165) is 18.7 Å². The molecule has 2 amide bonds. The fraction of sp³-hybridized carbons (Fsp3) is 0.421. The van der Waals surface area contributed by atoms with Gasteiger partial charge >= 0.3 is 0 Å². The maximum absolute atomic E-state index is 12.8. The molecule has 0 radical (unpaired) electrons. The molecule has 0 saturated carbocycles. The van der Waals surface area contributed by atoms with E-state index in [4.69, 9.17) is 15.2 Å². The number of rotatable bonds is 6. The molecule has 1 fully saturated rings. The molecule has 8 nitrogen and oxygen atoms in total. The average Bonchev–Trinajstić information content (AvgIpc) is 3.14. The zero-order chi connectivity index (χ0) is 19.4. The fourth-order valence-corrected chi connectivity index (χ4v) is 3.47. The highest BCUT2D eigenvalue weighted by Crippen LogP contribution is 2.30. The molecule has 0 spiro atoms. The van der Waals surface area contributed by atoms with Crippen molar-refractivity contribution in [3.63, 3.8) is 0 Å². The van der Waals surface area contributed by atoms with Gasteiger partial charge in [0.25, 0.3) is 5.91 Å². The molecule has 0 unspecified atom stereocenters. The molecule has 1 saturated heterocycles. The summed E-state index contributed by atoms with van der Waals surface area (Å²) in [5.74, 6) is 1.76. The van der Waals surface area contributed by atoms with Crippen LogP contribution in [0.1, 0.15) is 34.9 Å². The molecule has 0 bridgehead atoms. The number of aromatic nitrogens is 2. The van der Waals surface area contributed by atoms with Crippen molar-refractivity contribution in [3.05, 3.63) is 42.0 Å². The van der Waals surface area contributed by atoms with Gasteiger partial charge in [-0.1, -0.05) is 0 Å². The number of ether oxygens (including phenoxy) is 2. The molecule has 2 N–H and O–H groups in total. The number of imidazole rings is 1. The van der Waals surface area contributed by atoms with Crippen molar-refractivity contribution in [2.75, 3.05) is 27.3 Å². The summed E-state index contributed by atoms with van der Waals surface area (Å²) in [6.45, 7) is 1.38. The Hall–Kier alpha value is -3.03. The van der Waals surface area contributed by atoms with Gasteiger partial charge in [-0.3, -0.25) is 9.59 Å². The molecule has 27 heavy (non-hydrogen) atoms. The minimum atomic E-state index is -0.393. The molecule has 1 aliphatic rings. The first-order valence-corrected chi connectivity index (χ1v) is 8.84. The summed E-state index contributed by atoms with van der Waals surface area (Å²) < 4.78 is 12.3. The van der Waals surface area contributed by atoms with Gasteiger partial charge in [-0.05, 0) is 31.0 Å². The monoisotopic (exact) mass is 372 g/mol. The van der Waals surface area contributed by atoms with E-state index in [-0.39, 0.29) is 18.4 Å². The van der Waals surface area contributed by atoms with Crippen molar-refractivity contribution >= 4 is 11.8 Å². The van der Waals surface area contributed by atoms with Crippen LogP contribution in [-0.2, 0) is 11.3 Å². The maximum Gasteiger partial charge on any atom is 0.253 e. The summed E-state index contributed by atoms with van der Waals surface area (Å²) in [4.78, 5) is 30.2. The smallest absolute Gasteiger partial charge is 0.253 e. The molecule has 8 heteroatoms. The summed E-state index contributed by atoms with van der Waals surface area (Å²) in [5.41, 5.74) is 5.86. The molecule has 3 rings (SSSR count). The third-order valence-electron chi connectivity index (χ3n) is 4.85. The number of amides is 2. The molecule has 2 aromatic rings. The van der Waals surface area contributed by atoms with Gasteiger partial charge in [0.2, 0.25) is 5.91 Å². The first-order valence-electron chi connectivity index (χ1n) is 8.84. The Morgan fingerprint density at radius 2 is 1.89 bits per heavy atom. The number of nitrogens with zero attached hydrogens (tertiary/aromatic N) is 3. The lowest BCUT2D eigenvalue weighted by Crippen LogP contribution is -2.38. The number of carbonyl (C=O) groups excluding carboxylic acids is 2. The molecule has 0 aliphatic carbocycles. The second kappa shape index (κ2) is 8.11. The summed E-state index contributed by atoms with van der Waals surface area (Å²) in [6.07, 6.45) is 5.02. The second-order valence-electron chi connectivity index (χ2n) is 6.52. The van der Waals surface area contributed by atoms with Crippen molar-refractivity contribution in [1.29, 1.82) is 0 Å². The van der Waals surface area contributed by atoms with Gasteiger partial charge in [-0.2, -0.15) is 0 Å². The van der Waals surface area contributed by atoms with E-state index in [1.54, 1.807) is 49.4 Å². The quantitative estimate of drug-likeness (QED) is 0.826. The van der Waals surface area contributed by atoms with Crippen molar-refractivity contribution in [2.24, 2.45) is 5.73 Å². The molecular formula is C19H24N4O4. The number of carbonyl (C=O) groups is 2. The van der Waals surface area contributed by atoms with Gasteiger partial charge < -0.3 is 24.7 Å². The van der Waals surface area contributed by atoms with Crippen LogP contribution in [0.5, 0.6) is 11.5 Å². The number of hydrogen-bond donors (Lipinski definition) is 1. The van der Waals surface area contributed by atoms with Crippen LogP contribution >= 0.6 is 0 Å². The molecule has 1 aliphatic heterocycles. The highest BCUT2D eigenvalue weighted by Gasteiger charge is 2.27. The standard InChI is InChI=1S/C19H24N4O4/c1-26-15-4-3-14(11-16(15)27-2)19(25)22-8-5-13(6-9-22)18-21-7-10-23(18)12-17(20)24/h3-4,7,10-11,13H,5-6,8-9,12H2,1-2H3,(H2,20,24). The van der Waals surface area contributed by atoms with Crippen LogP contribution in [0.3, 0.4) is 0 Å². The first-order chi connectivity index (χ1) is 13.0. The summed E-state index contributed by atoms with van der Waals surface area (Å²) in [6, 6.07) is 5.18. The van der Waals surface area contributed by atoms with E-state index in [2.05, 4.69) is 4.98 Å². The van der Waals surface area contributed by atoms with E-state index < -0.39 is 5.91 Å². The van der Waals surface area contributed by atoms with Gasteiger partial charge in [0, 0.05) is 37.0 Å². The Kier molecular flexibility index (Phi) is 5.63. The third-order valence-corrected chi connectivity index (χ3v) is 4.85. The van der Waals surface area contributed by atoms with Crippen LogP contribution in [0.25, 0.3) is 0 Å². The molecule has 1 aromatic heterocycles. The Morgan fingerprint density at radius 3 is 2.52 bits per heavy atom. The average molecular weight is 372 g/mol. The Bertz CT molecular complexity index is 825. The number of piperidine rings is 1. The van der Waals surface area contributed by atoms with Gasteiger partial charge in [0.1, 0.15) is 12.4 Å². The number of hydrogen-bond acceptors (Lipinski definition) is 5. The van der Waals surface area contributed by atoms with Gasteiger partial charge in [-0.25, -0.2) is 4.98 Å². The highest BCUT2D eigenvalue weighted by molar-refractivity contribution is 5.95. The number of likely N-dealkylation sites (tertiary alicyclic amines) is 1. The predicted octanol–water partition coefficient (Wildman–Crippen LogP) is 1.41. The summed E-state index contributed by atoms with van der Waals surface area (Å²) in [5, 5.41) is 0. The van der Waals surface area contributed by atoms with Crippen molar-refractivity contribution < 1.29 is 19.1 Å². The molecule has 144 valence electrons. The van der Waals surface area contributed by atoms with Crippen LogP contribution in [0.15, 0.2) is 30.6 Å². The lowest BCUT2D eigenvalue weighted by atomic mass is 9.95. The van der Waals surface area contributed by atoms with Crippen molar-refractivity contribution in [1.82, 2.24) is 14.5 Å². The number of primary amides is 1. The Morgan fingerprint density at radius 1 is 1.19 bits per heavy atom. The van der Waals surface area contributed by atoms with E-state index in [9.17, 15) is 9.59 Å². The molecule has 2 heterocycles. The Labute approximate surface area is 157 Å². The minimum absolute atomic E-state index is 0.0325. The minimum Gasteiger partial charge on any atom is -0.493 e. The Balaban J connectivity index is 1.66. The lowest BCUT2D eigenvalue weighted by Gasteiger charge is -2.32. The summed E-state index contributed by atoms with van der Waals surface area (Å²) >= 11 is 0. The van der Waals surface area contributed by atoms with Gasteiger partial charge in [-0.15, -0.1) is 0 Å². The molecule has 0 atom stereocenters. The number of benzene rings is 1. The largest absolute Gasteiger partial charge is 0.493 e. The van der Waals surface area contributed by atoms with E-state index in [0.29, 0.717) is 30.2 Å².